The van der Waals surface area contributed by atoms with E-state index in [1.54, 1.807) is 0 Å². The van der Waals surface area contributed by atoms with Gasteiger partial charge in [-0.25, -0.2) is 0 Å². The van der Waals surface area contributed by atoms with E-state index in [1.165, 1.54) is 15.3 Å². The molecular weight excluding hydrogens is 318 g/mol. The van der Waals surface area contributed by atoms with Crippen molar-refractivity contribution < 1.29 is 0 Å². The normalized spacial score (nSPS) is 17.2. The Balaban J connectivity index is 1.84. The highest BCUT2D eigenvalue weighted by Crippen LogP contribution is 2.35. The SMILES string of the molecule is CCc1ccc(CC2(c3ccc(Br)cc3)CNC2)s1. The van der Waals surface area contributed by atoms with E-state index in [0.29, 0.717) is 5.41 Å². The summed E-state index contributed by atoms with van der Waals surface area (Å²) < 4.78 is 1.16. The molecular formula is C16H18BrNS. The smallest absolute Gasteiger partial charge is 0.0250 e. The zero-order valence-corrected chi connectivity index (χ0v) is 13.5. The van der Waals surface area contributed by atoms with Crippen LogP contribution in [0, 0.1) is 0 Å². The Labute approximate surface area is 127 Å². The van der Waals surface area contributed by atoms with Crippen LogP contribution in [-0.4, -0.2) is 13.1 Å². The molecule has 1 aliphatic heterocycles. The second-order valence-electron chi connectivity index (χ2n) is 5.29. The molecule has 0 bridgehead atoms. The highest BCUT2D eigenvalue weighted by Gasteiger charge is 2.38. The quantitative estimate of drug-likeness (QED) is 0.884. The first kappa shape index (κ1) is 13.3. The average Bonchev–Trinajstić information content (AvgIpc) is 2.83. The third-order valence-electron chi connectivity index (χ3n) is 3.96. The molecule has 1 nitrogen and oxygen atoms in total. The van der Waals surface area contributed by atoms with Crippen LogP contribution in [0.4, 0.5) is 0 Å². The molecule has 1 aromatic carbocycles. The zero-order valence-electron chi connectivity index (χ0n) is 11.1. The second kappa shape index (κ2) is 5.39. The number of aryl methyl sites for hydroxylation is 1. The van der Waals surface area contributed by atoms with Gasteiger partial charge in [0, 0.05) is 32.7 Å². The van der Waals surface area contributed by atoms with Crippen molar-refractivity contribution in [1.82, 2.24) is 5.32 Å². The van der Waals surface area contributed by atoms with Crippen LogP contribution in [0.5, 0.6) is 0 Å². The lowest BCUT2D eigenvalue weighted by Crippen LogP contribution is -2.58. The minimum Gasteiger partial charge on any atom is -0.315 e. The van der Waals surface area contributed by atoms with Gasteiger partial charge in [-0.1, -0.05) is 35.0 Å². The van der Waals surface area contributed by atoms with Crippen molar-refractivity contribution in [3.05, 3.63) is 56.2 Å². The Hall–Kier alpha value is -0.640. The summed E-state index contributed by atoms with van der Waals surface area (Å²) in [6, 6.07) is 13.4. The van der Waals surface area contributed by atoms with Crippen LogP contribution in [0.1, 0.15) is 22.2 Å². The molecule has 2 aromatic rings. The van der Waals surface area contributed by atoms with Crippen molar-refractivity contribution >= 4 is 27.3 Å². The zero-order chi connectivity index (χ0) is 13.3. The summed E-state index contributed by atoms with van der Waals surface area (Å²) in [6.45, 7) is 4.41. The molecule has 1 saturated heterocycles. The van der Waals surface area contributed by atoms with Gasteiger partial charge in [0.2, 0.25) is 0 Å². The Morgan fingerprint density at radius 3 is 2.32 bits per heavy atom. The lowest BCUT2D eigenvalue weighted by molar-refractivity contribution is 0.276. The van der Waals surface area contributed by atoms with Crippen molar-refractivity contribution in [3.63, 3.8) is 0 Å². The van der Waals surface area contributed by atoms with Gasteiger partial charge in [0.1, 0.15) is 0 Å². The molecule has 0 spiro atoms. The second-order valence-corrected chi connectivity index (χ2v) is 7.46. The monoisotopic (exact) mass is 335 g/mol. The molecule has 0 radical (unpaired) electrons. The van der Waals surface area contributed by atoms with E-state index < -0.39 is 0 Å². The predicted octanol–water partition coefficient (Wildman–Crippen LogP) is 4.16. The number of benzene rings is 1. The van der Waals surface area contributed by atoms with Gasteiger partial charge in [-0.3, -0.25) is 0 Å². The maximum atomic E-state index is 3.52. The van der Waals surface area contributed by atoms with Crippen molar-refractivity contribution in [1.29, 1.82) is 0 Å². The fraction of sp³-hybridized carbons (Fsp3) is 0.375. The van der Waals surface area contributed by atoms with Gasteiger partial charge in [0.15, 0.2) is 0 Å². The maximum absolute atomic E-state index is 3.52. The number of thiophene rings is 1. The number of halogens is 1. The van der Waals surface area contributed by atoms with Gasteiger partial charge in [0.05, 0.1) is 0 Å². The average molecular weight is 336 g/mol. The summed E-state index contributed by atoms with van der Waals surface area (Å²) in [6.07, 6.45) is 2.31. The molecule has 0 amide bonds. The minimum atomic E-state index is 0.302. The van der Waals surface area contributed by atoms with E-state index in [9.17, 15) is 0 Å². The first-order valence-electron chi connectivity index (χ1n) is 6.76. The van der Waals surface area contributed by atoms with Crippen molar-refractivity contribution in [3.8, 4) is 0 Å². The largest absolute Gasteiger partial charge is 0.315 e. The van der Waals surface area contributed by atoms with Gasteiger partial charge in [-0.2, -0.15) is 0 Å². The van der Waals surface area contributed by atoms with Gasteiger partial charge < -0.3 is 5.32 Å². The van der Waals surface area contributed by atoms with Gasteiger partial charge in [-0.15, -0.1) is 11.3 Å². The topological polar surface area (TPSA) is 12.0 Å². The van der Waals surface area contributed by atoms with Crippen LogP contribution in [0.3, 0.4) is 0 Å². The molecule has 1 aromatic heterocycles. The number of hydrogen-bond donors (Lipinski definition) is 1. The van der Waals surface area contributed by atoms with E-state index in [4.69, 9.17) is 0 Å². The molecule has 1 N–H and O–H groups in total. The summed E-state index contributed by atoms with van der Waals surface area (Å²) in [7, 11) is 0. The fourth-order valence-electron chi connectivity index (χ4n) is 2.70. The van der Waals surface area contributed by atoms with Crippen LogP contribution in [0.25, 0.3) is 0 Å². The van der Waals surface area contributed by atoms with Gasteiger partial charge in [0.25, 0.3) is 0 Å². The summed E-state index contributed by atoms with van der Waals surface area (Å²) >= 11 is 5.49. The third kappa shape index (κ3) is 2.64. The Kier molecular flexibility index (Phi) is 3.79. The summed E-state index contributed by atoms with van der Waals surface area (Å²) in [5.41, 5.74) is 1.76. The Morgan fingerprint density at radius 2 is 1.79 bits per heavy atom. The van der Waals surface area contributed by atoms with Crippen molar-refractivity contribution in [2.45, 2.75) is 25.2 Å². The highest BCUT2D eigenvalue weighted by molar-refractivity contribution is 9.10. The van der Waals surface area contributed by atoms with E-state index in [0.717, 1.165) is 30.4 Å². The molecule has 0 saturated carbocycles. The Bertz CT molecular complexity index is 554. The molecule has 100 valence electrons. The van der Waals surface area contributed by atoms with E-state index in [2.05, 4.69) is 64.6 Å². The molecule has 1 aliphatic rings. The first-order valence-corrected chi connectivity index (χ1v) is 8.37. The van der Waals surface area contributed by atoms with Crippen molar-refractivity contribution in [2.24, 2.45) is 0 Å². The highest BCUT2D eigenvalue weighted by atomic mass is 79.9. The minimum absolute atomic E-state index is 0.302. The van der Waals surface area contributed by atoms with Gasteiger partial charge >= 0.3 is 0 Å². The molecule has 0 aliphatic carbocycles. The number of rotatable bonds is 4. The maximum Gasteiger partial charge on any atom is 0.0250 e. The lowest BCUT2D eigenvalue weighted by Gasteiger charge is -2.43. The summed E-state index contributed by atoms with van der Waals surface area (Å²) in [4.78, 5) is 3.01. The van der Waals surface area contributed by atoms with Gasteiger partial charge in [-0.05, 0) is 42.7 Å². The number of nitrogens with one attached hydrogen (secondary N) is 1. The molecule has 3 rings (SSSR count). The molecule has 3 heteroatoms. The lowest BCUT2D eigenvalue weighted by atomic mass is 9.72. The molecule has 19 heavy (non-hydrogen) atoms. The van der Waals surface area contributed by atoms with E-state index in [-0.39, 0.29) is 0 Å². The molecule has 1 fully saturated rings. The molecule has 0 atom stereocenters. The third-order valence-corrected chi connectivity index (χ3v) is 5.72. The van der Waals surface area contributed by atoms with Crippen LogP contribution in [0.15, 0.2) is 40.9 Å². The van der Waals surface area contributed by atoms with E-state index >= 15 is 0 Å². The first-order chi connectivity index (χ1) is 9.22. The van der Waals surface area contributed by atoms with E-state index in [1.807, 2.05) is 11.3 Å². The fourth-order valence-corrected chi connectivity index (χ4v) is 4.07. The Morgan fingerprint density at radius 1 is 1.11 bits per heavy atom. The summed E-state index contributed by atoms with van der Waals surface area (Å²) in [5, 5.41) is 3.45. The van der Waals surface area contributed by atoms with Crippen molar-refractivity contribution in [2.75, 3.05) is 13.1 Å². The van der Waals surface area contributed by atoms with Crippen LogP contribution < -0.4 is 5.32 Å². The standard InChI is InChI=1S/C16H18BrNS/c1-2-14-7-8-15(19-14)9-16(10-18-11-16)12-3-5-13(17)6-4-12/h3-8,18H,2,9-11H2,1H3. The van der Waals surface area contributed by atoms with Crippen LogP contribution >= 0.6 is 27.3 Å². The van der Waals surface area contributed by atoms with Crippen LogP contribution in [0.2, 0.25) is 0 Å². The predicted molar refractivity (Wildman–Crippen MR) is 86.1 cm³/mol. The number of hydrogen-bond acceptors (Lipinski definition) is 2. The summed E-state index contributed by atoms with van der Waals surface area (Å²) in [5.74, 6) is 0. The molecule has 0 unspecified atom stereocenters. The van der Waals surface area contributed by atoms with Crippen LogP contribution in [-0.2, 0) is 18.3 Å². The molecule has 2 heterocycles.